The van der Waals surface area contributed by atoms with E-state index in [4.69, 9.17) is 10.5 Å². The molecule has 0 aliphatic carbocycles. The standard InChI is InChI=1S/C14H19N3O3/c1-11(18)16-6-8-17(9-7-16)14(19)10-20-13-5-3-2-4-12(13)15/h2-5H,6-10,15H2,1H3. The summed E-state index contributed by atoms with van der Waals surface area (Å²) in [7, 11) is 0. The van der Waals surface area contributed by atoms with Crippen molar-refractivity contribution < 1.29 is 14.3 Å². The van der Waals surface area contributed by atoms with Crippen molar-refractivity contribution in [3.63, 3.8) is 0 Å². The first kappa shape index (κ1) is 14.2. The van der Waals surface area contributed by atoms with E-state index < -0.39 is 0 Å². The first-order valence-corrected chi connectivity index (χ1v) is 6.58. The summed E-state index contributed by atoms with van der Waals surface area (Å²) in [6.45, 7) is 3.76. The molecule has 108 valence electrons. The zero-order chi connectivity index (χ0) is 14.5. The fraction of sp³-hybridized carbons (Fsp3) is 0.429. The third-order valence-electron chi connectivity index (χ3n) is 3.35. The predicted molar refractivity (Wildman–Crippen MR) is 75.2 cm³/mol. The van der Waals surface area contributed by atoms with Crippen LogP contribution in [0.1, 0.15) is 6.92 Å². The molecule has 0 radical (unpaired) electrons. The largest absolute Gasteiger partial charge is 0.482 e. The lowest BCUT2D eigenvalue weighted by atomic mass is 10.3. The van der Waals surface area contributed by atoms with Crippen molar-refractivity contribution >= 4 is 17.5 Å². The molecule has 1 aromatic carbocycles. The van der Waals surface area contributed by atoms with Crippen LogP contribution >= 0.6 is 0 Å². The molecule has 20 heavy (non-hydrogen) atoms. The van der Waals surface area contributed by atoms with Crippen molar-refractivity contribution in [1.82, 2.24) is 9.80 Å². The zero-order valence-corrected chi connectivity index (χ0v) is 11.5. The predicted octanol–water partition coefficient (Wildman–Crippen LogP) is 0.338. The Labute approximate surface area is 118 Å². The number of nitrogens with zero attached hydrogens (tertiary/aromatic N) is 2. The van der Waals surface area contributed by atoms with Crippen LogP contribution in [-0.2, 0) is 9.59 Å². The fourth-order valence-corrected chi connectivity index (χ4v) is 2.11. The number of benzene rings is 1. The Balaban J connectivity index is 1.82. The molecular weight excluding hydrogens is 258 g/mol. The Morgan fingerprint density at radius 3 is 2.35 bits per heavy atom. The maximum absolute atomic E-state index is 12.0. The van der Waals surface area contributed by atoms with Gasteiger partial charge in [0, 0.05) is 33.1 Å². The molecule has 0 unspecified atom stereocenters. The Kier molecular flexibility index (Phi) is 4.45. The third-order valence-corrected chi connectivity index (χ3v) is 3.35. The lowest BCUT2D eigenvalue weighted by Gasteiger charge is -2.34. The van der Waals surface area contributed by atoms with E-state index in [2.05, 4.69) is 0 Å². The van der Waals surface area contributed by atoms with Gasteiger partial charge in [-0.3, -0.25) is 9.59 Å². The van der Waals surface area contributed by atoms with E-state index >= 15 is 0 Å². The van der Waals surface area contributed by atoms with Crippen LogP contribution in [0.15, 0.2) is 24.3 Å². The summed E-state index contributed by atoms with van der Waals surface area (Å²) in [5, 5.41) is 0. The second-order valence-electron chi connectivity index (χ2n) is 4.71. The quantitative estimate of drug-likeness (QED) is 0.808. The topological polar surface area (TPSA) is 75.9 Å². The van der Waals surface area contributed by atoms with Gasteiger partial charge in [-0.1, -0.05) is 12.1 Å². The minimum absolute atomic E-state index is 0.0334. The molecule has 2 amide bonds. The van der Waals surface area contributed by atoms with Crippen molar-refractivity contribution in [3.8, 4) is 5.75 Å². The summed E-state index contributed by atoms with van der Waals surface area (Å²) in [5.74, 6) is 0.477. The number of rotatable bonds is 3. The highest BCUT2D eigenvalue weighted by Gasteiger charge is 2.22. The Bertz CT molecular complexity index is 496. The van der Waals surface area contributed by atoms with Crippen LogP contribution in [0.5, 0.6) is 5.75 Å². The number of carbonyl (C=O) groups excluding carboxylic acids is 2. The number of nitrogen functional groups attached to an aromatic ring is 1. The Hall–Kier alpha value is -2.24. The molecule has 2 N–H and O–H groups in total. The molecule has 0 aromatic heterocycles. The molecule has 0 spiro atoms. The molecule has 6 nitrogen and oxygen atoms in total. The van der Waals surface area contributed by atoms with Crippen molar-refractivity contribution in [2.45, 2.75) is 6.92 Å². The molecular formula is C14H19N3O3. The minimum Gasteiger partial charge on any atom is -0.482 e. The van der Waals surface area contributed by atoms with E-state index in [9.17, 15) is 9.59 Å². The summed E-state index contributed by atoms with van der Waals surface area (Å²) in [6, 6.07) is 7.08. The van der Waals surface area contributed by atoms with Gasteiger partial charge in [0.1, 0.15) is 5.75 Å². The number of hydrogen-bond acceptors (Lipinski definition) is 4. The summed E-state index contributed by atoms with van der Waals surface area (Å²) < 4.78 is 5.43. The normalized spacial score (nSPS) is 15.1. The number of piperazine rings is 1. The molecule has 1 aliphatic heterocycles. The molecule has 0 bridgehead atoms. The van der Waals surface area contributed by atoms with Gasteiger partial charge in [-0.15, -0.1) is 0 Å². The number of anilines is 1. The highest BCUT2D eigenvalue weighted by atomic mass is 16.5. The number of para-hydroxylation sites is 2. The molecule has 0 saturated carbocycles. The van der Waals surface area contributed by atoms with Crippen LogP contribution in [-0.4, -0.2) is 54.4 Å². The minimum atomic E-state index is -0.0866. The monoisotopic (exact) mass is 277 g/mol. The van der Waals surface area contributed by atoms with Gasteiger partial charge in [0.15, 0.2) is 6.61 Å². The van der Waals surface area contributed by atoms with Gasteiger partial charge in [-0.25, -0.2) is 0 Å². The average Bonchev–Trinajstić information content (AvgIpc) is 2.46. The summed E-state index contributed by atoms with van der Waals surface area (Å²) in [6.07, 6.45) is 0. The van der Waals surface area contributed by atoms with Crippen LogP contribution in [0.25, 0.3) is 0 Å². The van der Waals surface area contributed by atoms with E-state index in [-0.39, 0.29) is 18.4 Å². The highest BCUT2D eigenvalue weighted by Crippen LogP contribution is 2.19. The third kappa shape index (κ3) is 3.40. The Morgan fingerprint density at radius 1 is 1.15 bits per heavy atom. The van der Waals surface area contributed by atoms with Crippen LogP contribution < -0.4 is 10.5 Å². The maximum Gasteiger partial charge on any atom is 0.260 e. The fourth-order valence-electron chi connectivity index (χ4n) is 2.11. The second kappa shape index (κ2) is 6.27. The molecule has 0 atom stereocenters. The van der Waals surface area contributed by atoms with E-state index in [0.717, 1.165) is 0 Å². The molecule has 1 aromatic rings. The van der Waals surface area contributed by atoms with Gasteiger partial charge in [0.05, 0.1) is 5.69 Å². The number of amides is 2. The van der Waals surface area contributed by atoms with E-state index in [0.29, 0.717) is 37.6 Å². The molecule has 1 heterocycles. The molecule has 2 rings (SSSR count). The summed E-state index contributed by atoms with van der Waals surface area (Å²) in [4.78, 5) is 26.7. The number of nitrogens with two attached hydrogens (primary N) is 1. The SMILES string of the molecule is CC(=O)N1CCN(C(=O)COc2ccccc2N)CC1. The molecule has 1 fully saturated rings. The Morgan fingerprint density at radius 2 is 1.75 bits per heavy atom. The van der Waals surface area contributed by atoms with Crippen LogP contribution in [0, 0.1) is 0 Å². The zero-order valence-electron chi connectivity index (χ0n) is 11.5. The van der Waals surface area contributed by atoms with Gasteiger partial charge < -0.3 is 20.3 Å². The molecule has 1 aliphatic rings. The van der Waals surface area contributed by atoms with E-state index in [1.165, 1.54) is 0 Å². The average molecular weight is 277 g/mol. The smallest absolute Gasteiger partial charge is 0.260 e. The lowest BCUT2D eigenvalue weighted by molar-refractivity contribution is -0.139. The number of carbonyl (C=O) groups is 2. The van der Waals surface area contributed by atoms with Gasteiger partial charge in [0.25, 0.3) is 5.91 Å². The van der Waals surface area contributed by atoms with Crippen molar-refractivity contribution in [1.29, 1.82) is 0 Å². The summed E-state index contributed by atoms with van der Waals surface area (Å²) >= 11 is 0. The second-order valence-corrected chi connectivity index (χ2v) is 4.71. The molecule has 6 heteroatoms. The van der Waals surface area contributed by atoms with Gasteiger partial charge in [-0.2, -0.15) is 0 Å². The van der Waals surface area contributed by atoms with E-state index in [1.54, 1.807) is 28.9 Å². The molecule has 1 saturated heterocycles. The van der Waals surface area contributed by atoms with Crippen molar-refractivity contribution in [2.75, 3.05) is 38.5 Å². The highest BCUT2D eigenvalue weighted by molar-refractivity contribution is 5.79. The van der Waals surface area contributed by atoms with Crippen LogP contribution in [0.2, 0.25) is 0 Å². The summed E-state index contributed by atoms with van der Waals surface area (Å²) in [5.41, 5.74) is 6.26. The van der Waals surface area contributed by atoms with E-state index in [1.807, 2.05) is 12.1 Å². The van der Waals surface area contributed by atoms with Gasteiger partial charge in [0.2, 0.25) is 5.91 Å². The lowest BCUT2D eigenvalue weighted by Crippen LogP contribution is -2.51. The van der Waals surface area contributed by atoms with Gasteiger partial charge >= 0.3 is 0 Å². The van der Waals surface area contributed by atoms with Crippen LogP contribution in [0.4, 0.5) is 5.69 Å². The number of ether oxygens (including phenoxy) is 1. The van der Waals surface area contributed by atoms with Crippen molar-refractivity contribution in [3.05, 3.63) is 24.3 Å². The van der Waals surface area contributed by atoms with Gasteiger partial charge in [-0.05, 0) is 12.1 Å². The first-order chi connectivity index (χ1) is 9.58. The number of hydrogen-bond donors (Lipinski definition) is 1. The van der Waals surface area contributed by atoms with Crippen molar-refractivity contribution in [2.24, 2.45) is 0 Å². The first-order valence-electron chi connectivity index (χ1n) is 6.58. The van der Waals surface area contributed by atoms with Crippen LogP contribution in [0.3, 0.4) is 0 Å². The maximum atomic E-state index is 12.0.